The van der Waals surface area contributed by atoms with Gasteiger partial charge in [-0.2, -0.15) is 4.98 Å². The lowest BCUT2D eigenvalue weighted by atomic mass is 10.1. The van der Waals surface area contributed by atoms with Crippen molar-refractivity contribution < 1.29 is 18.6 Å². The highest BCUT2D eigenvalue weighted by molar-refractivity contribution is 6.04. The first-order chi connectivity index (χ1) is 14.3. The van der Waals surface area contributed by atoms with Crippen molar-refractivity contribution in [1.82, 2.24) is 20.6 Å². The molecule has 0 atom stereocenters. The minimum absolute atomic E-state index is 0.153. The van der Waals surface area contributed by atoms with Gasteiger partial charge in [-0.3, -0.25) is 4.79 Å². The normalized spacial score (nSPS) is 16.8. The molecule has 29 heavy (non-hydrogen) atoms. The molecule has 1 saturated carbocycles. The lowest BCUT2D eigenvalue weighted by Gasteiger charge is -2.26. The Bertz CT molecular complexity index is 989. The quantitative estimate of drug-likeness (QED) is 0.678. The molecule has 1 aromatic carbocycles. The van der Waals surface area contributed by atoms with E-state index in [-0.39, 0.29) is 12.5 Å². The number of anilines is 1. The number of carbonyl (C=O) groups excluding carboxylic acids is 1. The second-order valence-electron chi connectivity index (χ2n) is 7.18. The molecule has 5 rings (SSSR count). The second kappa shape index (κ2) is 7.67. The number of nitrogens with one attached hydrogen (secondary N) is 1. The Labute approximate surface area is 167 Å². The van der Waals surface area contributed by atoms with E-state index in [2.05, 4.69) is 20.6 Å². The third kappa shape index (κ3) is 3.73. The molecule has 3 heterocycles. The van der Waals surface area contributed by atoms with E-state index in [1.807, 2.05) is 35.2 Å². The number of rotatable bonds is 6. The molecule has 2 fully saturated rings. The zero-order valence-electron chi connectivity index (χ0n) is 15.8. The van der Waals surface area contributed by atoms with Crippen LogP contribution in [0.25, 0.3) is 11.3 Å². The number of aromatic nitrogens is 3. The van der Waals surface area contributed by atoms with Gasteiger partial charge < -0.3 is 24.0 Å². The Hall–Kier alpha value is -3.20. The number of ether oxygens (including phenoxy) is 1. The van der Waals surface area contributed by atoms with Gasteiger partial charge in [-0.1, -0.05) is 40.6 Å². The van der Waals surface area contributed by atoms with Crippen LogP contribution in [0.3, 0.4) is 0 Å². The van der Waals surface area contributed by atoms with Gasteiger partial charge in [0.1, 0.15) is 5.56 Å². The molecule has 0 radical (unpaired) electrons. The molecule has 1 amide bonds. The van der Waals surface area contributed by atoms with E-state index < -0.39 is 0 Å². The highest BCUT2D eigenvalue weighted by Gasteiger charge is 2.30. The Morgan fingerprint density at radius 2 is 1.90 bits per heavy atom. The predicted molar refractivity (Wildman–Crippen MR) is 102 cm³/mol. The zero-order chi connectivity index (χ0) is 19.6. The second-order valence-corrected chi connectivity index (χ2v) is 7.18. The number of hydrogen-bond donors (Lipinski definition) is 1. The largest absolute Gasteiger partial charge is 0.378 e. The maximum absolute atomic E-state index is 13.1. The topological polar surface area (TPSA) is 107 Å². The first-order valence-corrected chi connectivity index (χ1v) is 9.78. The Morgan fingerprint density at radius 3 is 2.66 bits per heavy atom. The smallest absolute Gasteiger partial charge is 0.259 e. The molecule has 0 bridgehead atoms. The lowest BCUT2D eigenvalue weighted by Crippen LogP contribution is -2.38. The van der Waals surface area contributed by atoms with Crippen LogP contribution in [0.5, 0.6) is 0 Å². The molecule has 3 aromatic rings. The summed E-state index contributed by atoms with van der Waals surface area (Å²) in [5.74, 6) is 2.18. The van der Waals surface area contributed by atoms with E-state index in [0.29, 0.717) is 55.3 Å². The molecule has 1 aliphatic carbocycles. The van der Waals surface area contributed by atoms with Gasteiger partial charge in [0.15, 0.2) is 17.4 Å². The maximum atomic E-state index is 13.1. The van der Waals surface area contributed by atoms with Gasteiger partial charge in [0.05, 0.1) is 19.8 Å². The summed E-state index contributed by atoms with van der Waals surface area (Å²) in [6.45, 7) is 2.62. The van der Waals surface area contributed by atoms with Gasteiger partial charge in [0.25, 0.3) is 5.91 Å². The van der Waals surface area contributed by atoms with E-state index in [0.717, 1.165) is 24.2 Å². The average molecular weight is 395 g/mol. The van der Waals surface area contributed by atoms with Crippen molar-refractivity contribution in [3.63, 3.8) is 0 Å². The molecular weight excluding hydrogens is 374 g/mol. The third-order valence-corrected chi connectivity index (χ3v) is 5.07. The maximum Gasteiger partial charge on any atom is 0.259 e. The molecule has 0 unspecified atom stereocenters. The fraction of sp³-hybridized carbons (Fsp3) is 0.400. The van der Waals surface area contributed by atoms with Crippen molar-refractivity contribution >= 4 is 11.7 Å². The number of nitrogens with zero attached hydrogens (tertiary/aromatic N) is 4. The minimum atomic E-state index is -0.294. The molecule has 1 saturated heterocycles. The van der Waals surface area contributed by atoms with E-state index in [1.165, 1.54) is 0 Å². The average Bonchev–Trinajstić information content (AvgIpc) is 3.35. The number of benzene rings is 1. The molecule has 9 nitrogen and oxygen atoms in total. The van der Waals surface area contributed by atoms with Crippen LogP contribution in [-0.2, 0) is 11.3 Å². The first kappa shape index (κ1) is 17.9. The molecular formula is C20H21N5O4. The van der Waals surface area contributed by atoms with Crippen LogP contribution < -0.4 is 10.2 Å². The molecule has 2 aromatic heterocycles. The lowest BCUT2D eigenvalue weighted by molar-refractivity contribution is 0.0945. The zero-order valence-corrected chi connectivity index (χ0v) is 15.8. The number of morpholine rings is 1. The summed E-state index contributed by atoms with van der Waals surface area (Å²) in [6.07, 6.45) is 2.19. The monoisotopic (exact) mass is 395 g/mol. The van der Waals surface area contributed by atoms with Crippen molar-refractivity contribution in [3.05, 3.63) is 47.6 Å². The first-order valence-electron chi connectivity index (χ1n) is 9.78. The van der Waals surface area contributed by atoms with Crippen LogP contribution in [0, 0.1) is 0 Å². The van der Waals surface area contributed by atoms with Gasteiger partial charge in [-0.15, -0.1) is 0 Å². The van der Waals surface area contributed by atoms with Crippen LogP contribution >= 0.6 is 0 Å². The van der Waals surface area contributed by atoms with Crippen molar-refractivity contribution in [2.24, 2.45) is 0 Å². The van der Waals surface area contributed by atoms with Crippen LogP contribution in [0.2, 0.25) is 0 Å². The van der Waals surface area contributed by atoms with Gasteiger partial charge in [0.2, 0.25) is 5.89 Å². The van der Waals surface area contributed by atoms with Gasteiger partial charge in [-0.05, 0) is 12.8 Å². The SMILES string of the molecule is O=C(NCc1nc(C2CC2)no1)c1c(N2CCOCC2)noc1-c1ccccc1. The number of amides is 1. The summed E-state index contributed by atoms with van der Waals surface area (Å²) >= 11 is 0. The Kier molecular flexibility index (Phi) is 4.73. The fourth-order valence-electron chi connectivity index (χ4n) is 3.36. The number of carbonyl (C=O) groups is 1. The van der Waals surface area contributed by atoms with E-state index >= 15 is 0 Å². The van der Waals surface area contributed by atoms with Crippen LogP contribution in [0.15, 0.2) is 39.4 Å². The Balaban J connectivity index is 1.40. The molecule has 0 spiro atoms. The molecule has 150 valence electrons. The van der Waals surface area contributed by atoms with E-state index in [9.17, 15) is 4.79 Å². The van der Waals surface area contributed by atoms with E-state index in [1.54, 1.807) is 0 Å². The highest BCUT2D eigenvalue weighted by Crippen LogP contribution is 2.38. The summed E-state index contributed by atoms with van der Waals surface area (Å²) in [6, 6.07) is 9.48. The summed E-state index contributed by atoms with van der Waals surface area (Å²) in [5, 5.41) is 11.1. The summed E-state index contributed by atoms with van der Waals surface area (Å²) in [7, 11) is 0. The van der Waals surface area contributed by atoms with Crippen molar-refractivity contribution in [2.45, 2.75) is 25.3 Å². The van der Waals surface area contributed by atoms with Crippen LogP contribution in [0.1, 0.15) is 40.8 Å². The highest BCUT2D eigenvalue weighted by atomic mass is 16.5. The van der Waals surface area contributed by atoms with Gasteiger partial charge in [0, 0.05) is 24.6 Å². The van der Waals surface area contributed by atoms with Crippen LogP contribution in [-0.4, -0.2) is 47.5 Å². The third-order valence-electron chi connectivity index (χ3n) is 5.07. The van der Waals surface area contributed by atoms with E-state index in [4.69, 9.17) is 13.8 Å². The predicted octanol–water partition coefficient (Wildman–Crippen LogP) is 2.37. The standard InChI is InChI=1S/C20H21N5O4/c26-20(21-12-15-22-18(23-28-15)14-6-7-14)16-17(13-4-2-1-3-5-13)29-24-19(16)25-8-10-27-11-9-25/h1-5,14H,6-12H2,(H,21,26). The van der Waals surface area contributed by atoms with Crippen molar-refractivity contribution in [2.75, 3.05) is 31.2 Å². The van der Waals surface area contributed by atoms with Gasteiger partial charge >= 0.3 is 0 Å². The summed E-state index contributed by atoms with van der Waals surface area (Å²) in [4.78, 5) is 19.5. The minimum Gasteiger partial charge on any atom is -0.378 e. The molecule has 2 aliphatic rings. The molecule has 9 heteroatoms. The Morgan fingerprint density at radius 1 is 1.10 bits per heavy atom. The van der Waals surface area contributed by atoms with Crippen LogP contribution in [0.4, 0.5) is 5.82 Å². The molecule has 1 aliphatic heterocycles. The fourth-order valence-corrected chi connectivity index (χ4v) is 3.36. The molecule has 1 N–H and O–H groups in total. The van der Waals surface area contributed by atoms with Crippen molar-refractivity contribution in [1.29, 1.82) is 0 Å². The summed E-state index contributed by atoms with van der Waals surface area (Å²) in [5.41, 5.74) is 1.19. The van der Waals surface area contributed by atoms with Crippen molar-refractivity contribution in [3.8, 4) is 11.3 Å². The number of hydrogen-bond acceptors (Lipinski definition) is 8. The summed E-state index contributed by atoms with van der Waals surface area (Å²) < 4.78 is 16.3. The van der Waals surface area contributed by atoms with Gasteiger partial charge in [-0.25, -0.2) is 0 Å².